The maximum atomic E-state index is 12.7. The summed E-state index contributed by atoms with van der Waals surface area (Å²) in [5.74, 6) is -0.0380. The summed E-state index contributed by atoms with van der Waals surface area (Å²) >= 11 is 6.00. The number of benzene rings is 1. The molecular formula is C18H19Cl2F3N4O. The number of carbonyl (C=O) groups excluding carboxylic acids is 1. The number of para-hydroxylation sites is 2. The van der Waals surface area contributed by atoms with Crippen molar-refractivity contribution in [2.24, 2.45) is 5.92 Å². The molecule has 1 fully saturated rings. The van der Waals surface area contributed by atoms with Crippen LogP contribution in [0.15, 0.2) is 36.5 Å². The summed E-state index contributed by atoms with van der Waals surface area (Å²) < 4.78 is 38.2. The molecule has 28 heavy (non-hydrogen) atoms. The standard InChI is InChI=1S/C18H18ClF3N4O.ClH/c19-13-9-12(18(20,21)22)10-24-16(13)26-7-5-11(6-8-26)17(27)25-15-4-2-1-3-14(15)23;/h1-4,9-11H,5-8,23H2,(H,25,27);1H. The normalized spacial score (nSPS) is 15.1. The summed E-state index contributed by atoms with van der Waals surface area (Å²) in [7, 11) is 0. The van der Waals surface area contributed by atoms with Crippen LogP contribution in [0, 0.1) is 5.92 Å². The Labute approximate surface area is 171 Å². The number of nitrogen functional groups attached to an aromatic ring is 1. The van der Waals surface area contributed by atoms with Crippen molar-refractivity contribution >= 4 is 47.1 Å². The third kappa shape index (κ3) is 4.99. The van der Waals surface area contributed by atoms with Gasteiger partial charge >= 0.3 is 6.18 Å². The Morgan fingerprint density at radius 1 is 1.25 bits per heavy atom. The molecule has 0 bridgehead atoms. The minimum Gasteiger partial charge on any atom is -0.397 e. The summed E-state index contributed by atoms with van der Waals surface area (Å²) in [5, 5.41) is 2.77. The fourth-order valence-electron chi connectivity index (χ4n) is 3.02. The summed E-state index contributed by atoms with van der Waals surface area (Å²) in [6, 6.07) is 7.88. The minimum absolute atomic E-state index is 0. The first-order chi connectivity index (χ1) is 12.8. The van der Waals surface area contributed by atoms with Gasteiger partial charge in [-0.05, 0) is 31.0 Å². The average Bonchev–Trinajstić information content (AvgIpc) is 2.63. The van der Waals surface area contributed by atoms with E-state index in [2.05, 4.69) is 10.3 Å². The van der Waals surface area contributed by atoms with Gasteiger partial charge in [0.05, 0.1) is 22.0 Å². The van der Waals surface area contributed by atoms with Crippen molar-refractivity contribution < 1.29 is 18.0 Å². The number of alkyl halides is 3. The van der Waals surface area contributed by atoms with E-state index in [4.69, 9.17) is 17.3 Å². The second-order valence-electron chi connectivity index (χ2n) is 6.37. The number of halogens is 5. The summed E-state index contributed by atoms with van der Waals surface area (Å²) in [6.45, 7) is 0.945. The van der Waals surface area contributed by atoms with Crippen LogP contribution in [0.4, 0.5) is 30.4 Å². The number of amides is 1. The number of hydrogen-bond acceptors (Lipinski definition) is 4. The highest BCUT2D eigenvalue weighted by molar-refractivity contribution is 6.33. The van der Waals surface area contributed by atoms with Gasteiger partial charge in [-0.15, -0.1) is 12.4 Å². The van der Waals surface area contributed by atoms with E-state index in [0.29, 0.717) is 43.1 Å². The first-order valence-electron chi connectivity index (χ1n) is 8.39. The Hall–Kier alpha value is -2.19. The molecule has 1 aliphatic heterocycles. The van der Waals surface area contributed by atoms with E-state index in [1.807, 2.05) is 0 Å². The molecule has 5 nitrogen and oxygen atoms in total. The lowest BCUT2D eigenvalue weighted by Crippen LogP contribution is -2.38. The van der Waals surface area contributed by atoms with E-state index in [-0.39, 0.29) is 29.3 Å². The van der Waals surface area contributed by atoms with Crippen LogP contribution in [0.25, 0.3) is 0 Å². The number of piperidine rings is 1. The maximum Gasteiger partial charge on any atom is 0.417 e. The number of rotatable bonds is 3. The van der Waals surface area contributed by atoms with Crippen molar-refractivity contribution in [3.8, 4) is 0 Å². The summed E-state index contributed by atoms with van der Waals surface area (Å²) in [6.07, 6.45) is -2.63. The van der Waals surface area contributed by atoms with Crippen LogP contribution in [0.1, 0.15) is 18.4 Å². The van der Waals surface area contributed by atoms with Gasteiger partial charge in [-0.2, -0.15) is 13.2 Å². The lowest BCUT2D eigenvalue weighted by molar-refractivity contribution is -0.137. The molecule has 0 atom stereocenters. The van der Waals surface area contributed by atoms with Crippen molar-refractivity contribution in [3.05, 3.63) is 47.1 Å². The number of nitrogens with one attached hydrogen (secondary N) is 1. The van der Waals surface area contributed by atoms with Gasteiger partial charge in [-0.3, -0.25) is 4.79 Å². The first-order valence-corrected chi connectivity index (χ1v) is 8.76. The average molecular weight is 435 g/mol. The molecule has 3 rings (SSSR count). The van der Waals surface area contributed by atoms with Crippen molar-refractivity contribution in [1.29, 1.82) is 0 Å². The van der Waals surface area contributed by atoms with Gasteiger partial charge in [-0.25, -0.2) is 4.98 Å². The second kappa shape index (κ2) is 8.87. The van der Waals surface area contributed by atoms with E-state index in [1.165, 1.54) is 0 Å². The largest absolute Gasteiger partial charge is 0.417 e. The van der Waals surface area contributed by atoms with Crippen molar-refractivity contribution in [2.45, 2.75) is 19.0 Å². The minimum atomic E-state index is -4.49. The molecule has 152 valence electrons. The molecule has 2 heterocycles. The Bertz CT molecular complexity index is 840. The summed E-state index contributed by atoms with van der Waals surface area (Å²) in [5.41, 5.74) is 6.00. The molecule has 1 aromatic carbocycles. The number of carbonyl (C=O) groups is 1. The quantitative estimate of drug-likeness (QED) is 0.691. The van der Waals surface area contributed by atoms with E-state index in [1.54, 1.807) is 29.2 Å². The smallest absolute Gasteiger partial charge is 0.397 e. The van der Waals surface area contributed by atoms with Gasteiger partial charge in [0.1, 0.15) is 5.82 Å². The van der Waals surface area contributed by atoms with Crippen LogP contribution >= 0.6 is 24.0 Å². The van der Waals surface area contributed by atoms with E-state index in [9.17, 15) is 18.0 Å². The highest BCUT2D eigenvalue weighted by atomic mass is 35.5. The van der Waals surface area contributed by atoms with E-state index in [0.717, 1.165) is 12.3 Å². The van der Waals surface area contributed by atoms with Crippen LogP contribution in [0.3, 0.4) is 0 Å². The second-order valence-corrected chi connectivity index (χ2v) is 6.77. The Morgan fingerprint density at radius 3 is 2.46 bits per heavy atom. The van der Waals surface area contributed by atoms with Crippen molar-refractivity contribution in [2.75, 3.05) is 29.0 Å². The van der Waals surface area contributed by atoms with Crippen LogP contribution < -0.4 is 16.0 Å². The van der Waals surface area contributed by atoms with Crippen LogP contribution in [-0.2, 0) is 11.0 Å². The molecule has 0 aliphatic carbocycles. The molecule has 0 radical (unpaired) electrons. The van der Waals surface area contributed by atoms with Crippen molar-refractivity contribution in [1.82, 2.24) is 4.98 Å². The fourth-order valence-corrected chi connectivity index (χ4v) is 3.30. The number of nitrogens with two attached hydrogens (primary N) is 1. The lowest BCUT2D eigenvalue weighted by Gasteiger charge is -2.32. The number of nitrogens with zero attached hydrogens (tertiary/aromatic N) is 2. The number of anilines is 3. The van der Waals surface area contributed by atoms with Crippen molar-refractivity contribution in [3.63, 3.8) is 0 Å². The Balaban J connectivity index is 0.00000280. The number of hydrogen-bond donors (Lipinski definition) is 2. The molecule has 0 unspecified atom stereocenters. The Kier molecular flexibility index (Phi) is 7.01. The number of pyridine rings is 1. The number of aromatic nitrogens is 1. The molecular weight excluding hydrogens is 416 g/mol. The molecule has 2 aromatic rings. The zero-order valence-corrected chi connectivity index (χ0v) is 16.2. The fraction of sp³-hybridized carbons (Fsp3) is 0.333. The predicted octanol–water partition coefficient (Wildman–Crippen LogP) is 4.61. The topological polar surface area (TPSA) is 71.2 Å². The Morgan fingerprint density at radius 2 is 1.89 bits per heavy atom. The maximum absolute atomic E-state index is 12.7. The van der Waals surface area contributed by atoms with Crippen LogP contribution in [0.5, 0.6) is 0 Å². The van der Waals surface area contributed by atoms with Gasteiger partial charge in [0, 0.05) is 25.2 Å². The molecule has 0 spiro atoms. The monoisotopic (exact) mass is 434 g/mol. The molecule has 0 saturated carbocycles. The molecule has 1 amide bonds. The van der Waals surface area contributed by atoms with E-state index >= 15 is 0 Å². The lowest BCUT2D eigenvalue weighted by atomic mass is 9.95. The van der Waals surface area contributed by atoms with Crippen LogP contribution in [-0.4, -0.2) is 24.0 Å². The predicted molar refractivity (Wildman–Crippen MR) is 106 cm³/mol. The molecule has 1 aliphatic rings. The van der Waals surface area contributed by atoms with Gasteiger partial charge in [0.2, 0.25) is 5.91 Å². The van der Waals surface area contributed by atoms with Gasteiger partial charge in [0.25, 0.3) is 0 Å². The molecule has 10 heteroatoms. The highest BCUT2D eigenvalue weighted by Crippen LogP contribution is 2.34. The molecule has 1 aromatic heterocycles. The van der Waals surface area contributed by atoms with Gasteiger partial charge in [0.15, 0.2) is 0 Å². The van der Waals surface area contributed by atoms with Crippen LogP contribution in [0.2, 0.25) is 5.02 Å². The zero-order valence-electron chi connectivity index (χ0n) is 14.7. The third-order valence-electron chi connectivity index (χ3n) is 4.53. The third-order valence-corrected chi connectivity index (χ3v) is 4.81. The SMILES string of the molecule is Cl.Nc1ccccc1NC(=O)C1CCN(c2ncc(C(F)(F)F)cc2Cl)CC1. The highest BCUT2D eigenvalue weighted by Gasteiger charge is 2.33. The summed E-state index contributed by atoms with van der Waals surface area (Å²) in [4.78, 5) is 18.1. The van der Waals surface area contributed by atoms with Gasteiger partial charge in [-0.1, -0.05) is 23.7 Å². The first kappa shape index (κ1) is 22.1. The van der Waals surface area contributed by atoms with Gasteiger partial charge < -0.3 is 16.0 Å². The molecule has 1 saturated heterocycles. The zero-order chi connectivity index (χ0) is 19.6. The van der Waals surface area contributed by atoms with E-state index < -0.39 is 11.7 Å². The molecule has 3 N–H and O–H groups in total.